The van der Waals surface area contributed by atoms with Gasteiger partial charge in [0.2, 0.25) is 0 Å². The van der Waals surface area contributed by atoms with Crippen LogP contribution in [0.4, 0.5) is 10.2 Å². The van der Waals surface area contributed by atoms with E-state index in [0.717, 1.165) is 11.4 Å². The van der Waals surface area contributed by atoms with Gasteiger partial charge in [-0.3, -0.25) is 0 Å². The van der Waals surface area contributed by atoms with Gasteiger partial charge in [-0.25, -0.2) is 9.37 Å². The number of rotatable bonds is 3. The van der Waals surface area contributed by atoms with Crippen LogP contribution < -0.4 is 5.73 Å². The first-order valence-electron chi connectivity index (χ1n) is 6.78. The van der Waals surface area contributed by atoms with Gasteiger partial charge in [-0.15, -0.1) is 0 Å². The number of nitrogen functional groups attached to an aromatic ring is 1. The highest BCUT2D eigenvalue weighted by atomic mass is 19.1. The van der Waals surface area contributed by atoms with Gasteiger partial charge in [0.1, 0.15) is 23.2 Å². The normalized spacial score (nSPS) is 10.8. The highest BCUT2D eigenvalue weighted by Crippen LogP contribution is 2.28. The van der Waals surface area contributed by atoms with Crippen LogP contribution in [0.3, 0.4) is 0 Å². The fourth-order valence-electron chi connectivity index (χ4n) is 2.40. The van der Waals surface area contributed by atoms with Crippen molar-refractivity contribution in [3.63, 3.8) is 0 Å². The molecule has 2 N–H and O–H groups in total. The molecule has 0 aliphatic carbocycles. The van der Waals surface area contributed by atoms with Crippen LogP contribution in [0.5, 0.6) is 0 Å². The van der Waals surface area contributed by atoms with Crippen molar-refractivity contribution < 1.29 is 4.39 Å². The molecule has 0 bridgehead atoms. The second-order valence-corrected chi connectivity index (χ2v) is 4.94. The standard InChI is InChI=1S/C17H16FN3/c1-12-20-16(14-9-5-6-10-15(14)18)17(19)21(12)11-13-7-3-2-4-8-13/h2-10H,11,19H2,1H3. The Kier molecular flexibility index (Phi) is 3.44. The summed E-state index contributed by atoms with van der Waals surface area (Å²) in [5.74, 6) is 0.949. The molecule has 3 nitrogen and oxygen atoms in total. The van der Waals surface area contributed by atoms with Gasteiger partial charge >= 0.3 is 0 Å². The van der Waals surface area contributed by atoms with E-state index >= 15 is 0 Å². The van der Waals surface area contributed by atoms with Crippen LogP contribution in [0.15, 0.2) is 54.6 Å². The molecule has 0 aliphatic heterocycles. The number of anilines is 1. The Labute approximate surface area is 122 Å². The van der Waals surface area contributed by atoms with E-state index in [1.165, 1.54) is 6.07 Å². The van der Waals surface area contributed by atoms with Crippen molar-refractivity contribution in [2.45, 2.75) is 13.5 Å². The molecule has 0 radical (unpaired) electrons. The molecule has 0 saturated heterocycles. The van der Waals surface area contributed by atoms with Gasteiger partial charge in [-0.2, -0.15) is 0 Å². The molecule has 0 atom stereocenters. The maximum atomic E-state index is 13.9. The number of hydrogen-bond donors (Lipinski definition) is 1. The molecule has 0 aliphatic rings. The summed E-state index contributed by atoms with van der Waals surface area (Å²) < 4.78 is 15.8. The highest BCUT2D eigenvalue weighted by molar-refractivity contribution is 5.71. The number of hydrogen-bond acceptors (Lipinski definition) is 2. The average molecular weight is 281 g/mol. The molecule has 1 heterocycles. The zero-order chi connectivity index (χ0) is 14.8. The number of nitrogens with zero attached hydrogens (tertiary/aromatic N) is 2. The number of aryl methyl sites for hydroxylation is 1. The van der Waals surface area contributed by atoms with Crippen LogP contribution >= 0.6 is 0 Å². The van der Waals surface area contributed by atoms with Crippen molar-refractivity contribution in [1.29, 1.82) is 0 Å². The van der Waals surface area contributed by atoms with Crippen molar-refractivity contribution >= 4 is 5.82 Å². The average Bonchev–Trinajstić information content (AvgIpc) is 2.77. The van der Waals surface area contributed by atoms with Crippen LogP contribution in [-0.4, -0.2) is 9.55 Å². The second-order valence-electron chi connectivity index (χ2n) is 4.94. The molecule has 3 rings (SSSR count). The van der Waals surface area contributed by atoms with Gasteiger partial charge in [-0.1, -0.05) is 42.5 Å². The van der Waals surface area contributed by atoms with E-state index in [1.54, 1.807) is 18.2 Å². The van der Waals surface area contributed by atoms with Crippen LogP contribution in [0.2, 0.25) is 0 Å². The third-order valence-corrected chi connectivity index (χ3v) is 3.51. The van der Waals surface area contributed by atoms with Crippen molar-refractivity contribution in [3.8, 4) is 11.3 Å². The molecule has 0 amide bonds. The van der Waals surface area contributed by atoms with Crippen LogP contribution in [0.1, 0.15) is 11.4 Å². The molecule has 4 heteroatoms. The third kappa shape index (κ3) is 2.52. The van der Waals surface area contributed by atoms with E-state index in [1.807, 2.05) is 41.8 Å². The van der Waals surface area contributed by atoms with E-state index in [9.17, 15) is 4.39 Å². The Morgan fingerprint density at radius 1 is 1.05 bits per heavy atom. The van der Waals surface area contributed by atoms with E-state index < -0.39 is 0 Å². The summed E-state index contributed by atoms with van der Waals surface area (Å²) in [6, 6.07) is 16.5. The third-order valence-electron chi connectivity index (χ3n) is 3.51. The Balaban J connectivity index is 2.03. The Hall–Kier alpha value is -2.62. The second kappa shape index (κ2) is 5.40. The van der Waals surface area contributed by atoms with E-state index in [2.05, 4.69) is 4.98 Å². The Morgan fingerprint density at radius 2 is 1.71 bits per heavy atom. The lowest BCUT2D eigenvalue weighted by Gasteiger charge is -2.08. The van der Waals surface area contributed by atoms with Gasteiger partial charge in [0, 0.05) is 5.56 Å². The molecule has 1 aromatic heterocycles. The molecule has 0 spiro atoms. The summed E-state index contributed by atoms with van der Waals surface area (Å²) in [6.45, 7) is 2.50. The molecule has 2 aromatic carbocycles. The minimum Gasteiger partial charge on any atom is -0.383 e. The molecule has 106 valence electrons. The predicted molar refractivity (Wildman–Crippen MR) is 82.3 cm³/mol. The first-order valence-corrected chi connectivity index (χ1v) is 6.78. The van der Waals surface area contributed by atoms with Gasteiger partial charge in [0.25, 0.3) is 0 Å². The number of imidazole rings is 1. The topological polar surface area (TPSA) is 43.8 Å². The summed E-state index contributed by atoms with van der Waals surface area (Å²) >= 11 is 0. The number of halogens is 1. The van der Waals surface area contributed by atoms with Crippen molar-refractivity contribution in [2.24, 2.45) is 0 Å². The molecular formula is C17H16FN3. The summed E-state index contributed by atoms with van der Waals surface area (Å²) in [4.78, 5) is 4.44. The first-order chi connectivity index (χ1) is 10.2. The predicted octanol–water partition coefficient (Wildman–Crippen LogP) is 3.63. The Bertz CT molecular complexity index is 763. The lowest BCUT2D eigenvalue weighted by atomic mass is 10.1. The van der Waals surface area contributed by atoms with E-state index in [0.29, 0.717) is 23.6 Å². The van der Waals surface area contributed by atoms with Crippen molar-refractivity contribution in [2.75, 3.05) is 5.73 Å². The summed E-state index contributed by atoms with van der Waals surface area (Å²) in [7, 11) is 0. The van der Waals surface area contributed by atoms with Crippen LogP contribution in [0.25, 0.3) is 11.3 Å². The fourth-order valence-corrected chi connectivity index (χ4v) is 2.40. The molecule has 3 aromatic rings. The fraction of sp³-hybridized carbons (Fsp3) is 0.118. The SMILES string of the molecule is Cc1nc(-c2ccccc2F)c(N)n1Cc1ccccc1. The van der Waals surface area contributed by atoms with Gasteiger partial charge < -0.3 is 10.3 Å². The minimum absolute atomic E-state index is 0.312. The molecule has 0 saturated carbocycles. The molecule has 21 heavy (non-hydrogen) atoms. The maximum Gasteiger partial charge on any atom is 0.132 e. The van der Waals surface area contributed by atoms with E-state index in [4.69, 9.17) is 5.73 Å². The number of aromatic nitrogens is 2. The molecule has 0 fully saturated rings. The van der Waals surface area contributed by atoms with Gasteiger partial charge in [0.15, 0.2) is 0 Å². The number of benzene rings is 2. The minimum atomic E-state index is -0.312. The lowest BCUT2D eigenvalue weighted by molar-refractivity contribution is 0.631. The summed E-state index contributed by atoms with van der Waals surface area (Å²) in [5.41, 5.74) is 8.25. The van der Waals surface area contributed by atoms with Crippen molar-refractivity contribution in [3.05, 3.63) is 71.8 Å². The molecule has 0 unspecified atom stereocenters. The summed E-state index contributed by atoms with van der Waals surface area (Å²) in [6.07, 6.45) is 0. The number of nitrogens with two attached hydrogens (primary N) is 1. The zero-order valence-electron chi connectivity index (χ0n) is 11.8. The maximum absolute atomic E-state index is 13.9. The first kappa shape index (κ1) is 13.4. The zero-order valence-corrected chi connectivity index (χ0v) is 11.8. The molecular weight excluding hydrogens is 265 g/mol. The quantitative estimate of drug-likeness (QED) is 0.796. The smallest absolute Gasteiger partial charge is 0.132 e. The highest BCUT2D eigenvalue weighted by Gasteiger charge is 2.16. The largest absolute Gasteiger partial charge is 0.383 e. The monoisotopic (exact) mass is 281 g/mol. The van der Waals surface area contributed by atoms with Gasteiger partial charge in [-0.05, 0) is 24.6 Å². The lowest BCUT2D eigenvalue weighted by Crippen LogP contribution is -2.06. The van der Waals surface area contributed by atoms with Crippen LogP contribution in [0, 0.1) is 12.7 Å². The van der Waals surface area contributed by atoms with E-state index in [-0.39, 0.29) is 5.82 Å². The van der Waals surface area contributed by atoms with Gasteiger partial charge in [0.05, 0.1) is 6.54 Å². The Morgan fingerprint density at radius 3 is 2.43 bits per heavy atom. The van der Waals surface area contributed by atoms with Crippen LogP contribution in [-0.2, 0) is 6.54 Å². The summed E-state index contributed by atoms with van der Waals surface area (Å²) in [5, 5.41) is 0. The van der Waals surface area contributed by atoms with Crippen molar-refractivity contribution in [1.82, 2.24) is 9.55 Å².